The maximum atomic E-state index is 12.1. The number of aromatic amines is 1. The van der Waals surface area contributed by atoms with Crippen LogP contribution in [0.15, 0.2) is 41.2 Å². The average Bonchev–Trinajstić information content (AvgIpc) is 2.69. The Bertz CT molecular complexity index is 1140. The van der Waals surface area contributed by atoms with Gasteiger partial charge in [-0.1, -0.05) is 12.1 Å². The van der Waals surface area contributed by atoms with Crippen molar-refractivity contribution in [1.82, 2.24) is 9.97 Å². The summed E-state index contributed by atoms with van der Waals surface area (Å²) in [6, 6.07) is 10.4. The van der Waals surface area contributed by atoms with E-state index in [1.165, 1.54) is 0 Å². The van der Waals surface area contributed by atoms with Gasteiger partial charge in [0.1, 0.15) is 17.3 Å². The van der Waals surface area contributed by atoms with Gasteiger partial charge < -0.3 is 26.0 Å². The van der Waals surface area contributed by atoms with Crippen LogP contribution in [0.2, 0.25) is 0 Å². The summed E-state index contributed by atoms with van der Waals surface area (Å²) in [5.74, 6) is 5.16. The van der Waals surface area contributed by atoms with Crippen molar-refractivity contribution >= 4 is 17.5 Å². The smallest absolute Gasteiger partial charge is 0.335 e. The Morgan fingerprint density at radius 2 is 2.00 bits per heavy atom. The molecule has 29 heavy (non-hydrogen) atoms. The largest absolute Gasteiger partial charge is 0.493 e. The van der Waals surface area contributed by atoms with Crippen molar-refractivity contribution in [2.45, 2.75) is 13.8 Å². The number of nitrogens with one attached hydrogen (secondary N) is 2. The molecule has 0 radical (unpaired) electrons. The van der Waals surface area contributed by atoms with E-state index in [1.807, 2.05) is 19.9 Å². The third-order valence-electron chi connectivity index (χ3n) is 4.29. The van der Waals surface area contributed by atoms with Crippen LogP contribution in [0.1, 0.15) is 22.8 Å². The molecular formula is C20H21N5O4. The minimum absolute atomic E-state index is 0.0556. The first-order valence-corrected chi connectivity index (χ1v) is 8.83. The number of rotatable bonds is 6. The van der Waals surface area contributed by atoms with Gasteiger partial charge in [-0.2, -0.15) is 0 Å². The minimum atomic E-state index is -0.998. The lowest BCUT2D eigenvalue weighted by Gasteiger charge is -2.14. The van der Waals surface area contributed by atoms with Crippen LogP contribution in [0.4, 0.5) is 11.5 Å². The topological polar surface area (TPSA) is 156 Å². The van der Waals surface area contributed by atoms with Gasteiger partial charge in [0, 0.05) is 0 Å². The number of nitrogens with two attached hydrogens (primary N) is 2. The van der Waals surface area contributed by atoms with E-state index in [2.05, 4.69) is 15.4 Å². The average molecular weight is 395 g/mol. The summed E-state index contributed by atoms with van der Waals surface area (Å²) in [6.45, 7) is 4.04. The number of nitrogen functional groups attached to an aromatic ring is 2. The van der Waals surface area contributed by atoms with Gasteiger partial charge in [-0.15, -0.1) is 0 Å². The molecule has 0 bridgehead atoms. The fraction of sp³-hybridized carbons (Fsp3) is 0.150. The van der Waals surface area contributed by atoms with Crippen LogP contribution in [0.5, 0.6) is 5.75 Å². The summed E-state index contributed by atoms with van der Waals surface area (Å²) in [5, 5.41) is 9.32. The van der Waals surface area contributed by atoms with E-state index in [4.69, 9.17) is 16.3 Å². The summed E-state index contributed by atoms with van der Waals surface area (Å²) in [4.78, 5) is 30.3. The maximum Gasteiger partial charge on any atom is 0.335 e. The van der Waals surface area contributed by atoms with E-state index < -0.39 is 11.5 Å². The number of H-pyrrole nitrogens is 1. The van der Waals surface area contributed by atoms with Gasteiger partial charge in [0.25, 0.3) is 5.56 Å². The maximum absolute atomic E-state index is 12.1. The van der Waals surface area contributed by atoms with Crippen molar-refractivity contribution in [2.75, 3.05) is 17.8 Å². The highest BCUT2D eigenvalue weighted by atomic mass is 16.5. The second-order valence-corrected chi connectivity index (χ2v) is 6.36. The molecule has 0 saturated carbocycles. The van der Waals surface area contributed by atoms with Crippen LogP contribution >= 0.6 is 0 Å². The molecule has 9 nitrogen and oxygen atoms in total. The number of hydrogen-bond donors (Lipinski definition) is 5. The molecule has 1 aromatic heterocycles. The molecule has 0 unspecified atom stereocenters. The Morgan fingerprint density at radius 3 is 2.66 bits per heavy atom. The lowest BCUT2D eigenvalue weighted by molar-refractivity contribution is 0.0697. The number of aryl methyl sites for hydroxylation is 1. The molecule has 0 spiro atoms. The van der Waals surface area contributed by atoms with Gasteiger partial charge in [0.05, 0.1) is 17.7 Å². The first kappa shape index (κ1) is 19.9. The quantitative estimate of drug-likeness (QED) is 0.314. The number of carboxylic acids is 1. The van der Waals surface area contributed by atoms with Gasteiger partial charge in [-0.05, 0) is 54.8 Å². The van der Waals surface area contributed by atoms with Crippen LogP contribution in [-0.4, -0.2) is 27.7 Å². The van der Waals surface area contributed by atoms with Crippen molar-refractivity contribution < 1.29 is 14.6 Å². The number of carboxylic acid groups (broad SMARTS) is 1. The number of nitrogens with zero attached hydrogens (tertiary/aromatic N) is 1. The number of ether oxygens (including phenoxy) is 1. The number of benzene rings is 2. The Morgan fingerprint density at radius 1 is 1.24 bits per heavy atom. The van der Waals surface area contributed by atoms with Crippen molar-refractivity contribution in [3.8, 4) is 28.3 Å². The van der Waals surface area contributed by atoms with Crippen LogP contribution in [-0.2, 0) is 0 Å². The zero-order valence-electron chi connectivity index (χ0n) is 15.9. The van der Waals surface area contributed by atoms with Gasteiger partial charge in [0.2, 0.25) is 0 Å². The number of aromatic carboxylic acids is 1. The fourth-order valence-electron chi connectivity index (χ4n) is 2.97. The Kier molecular flexibility index (Phi) is 5.51. The lowest BCUT2D eigenvalue weighted by Crippen LogP contribution is -2.20. The Hall–Kier alpha value is -3.85. The van der Waals surface area contributed by atoms with Gasteiger partial charge in [-0.3, -0.25) is 4.79 Å². The number of carbonyl (C=O) groups is 1. The third-order valence-corrected chi connectivity index (χ3v) is 4.29. The minimum Gasteiger partial charge on any atom is -0.493 e. The zero-order chi connectivity index (χ0) is 21.1. The summed E-state index contributed by atoms with van der Waals surface area (Å²) in [5.41, 5.74) is 10.4. The van der Waals surface area contributed by atoms with Crippen molar-refractivity contribution in [3.05, 3.63) is 57.9 Å². The van der Waals surface area contributed by atoms with Crippen LogP contribution in [0.25, 0.3) is 22.5 Å². The first-order valence-electron chi connectivity index (χ1n) is 8.83. The number of anilines is 2. The summed E-state index contributed by atoms with van der Waals surface area (Å²) in [6.07, 6.45) is 0. The molecule has 1 heterocycles. The van der Waals surface area contributed by atoms with E-state index in [0.29, 0.717) is 17.9 Å². The second-order valence-electron chi connectivity index (χ2n) is 6.36. The SMILES string of the molecule is CCOc1cc(-c2cc(C)cc(C(=O)O)c2)ccc1-c1nc(NN)c(N)c(=O)[nH]1. The Balaban J connectivity index is 2.15. The molecule has 3 rings (SSSR count). The molecule has 9 heteroatoms. The van der Waals surface area contributed by atoms with Gasteiger partial charge >= 0.3 is 5.97 Å². The molecule has 0 amide bonds. The molecule has 150 valence electrons. The summed E-state index contributed by atoms with van der Waals surface area (Å²) in [7, 11) is 0. The first-order chi connectivity index (χ1) is 13.8. The molecule has 0 aliphatic carbocycles. The lowest BCUT2D eigenvalue weighted by atomic mass is 9.98. The monoisotopic (exact) mass is 395 g/mol. The predicted molar refractivity (Wildman–Crippen MR) is 111 cm³/mol. The summed E-state index contributed by atoms with van der Waals surface area (Å²) < 4.78 is 5.74. The van der Waals surface area contributed by atoms with Crippen LogP contribution in [0, 0.1) is 6.92 Å². The van der Waals surface area contributed by atoms with Crippen LogP contribution in [0.3, 0.4) is 0 Å². The standard InChI is InChI=1S/C20H21N5O4/c1-3-29-15-9-11(12-6-10(2)7-13(8-12)20(27)28)4-5-14(15)17-23-18(25-22)16(21)19(26)24-17/h4-9H,3,21-22H2,1-2H3,(H,27,28)(H2,23,24,25,26). The van der Waals surface area contributed by atoms with Crippen molar-refractivity contribution in [2.24, 2.45) is 5.84 Å². The predicted octanol–water partition coefficient (Wildman–Crippen LogP) is 2.38. The fourth-order valence-corrected chi connectivity index (χ4v) is 2.97. The normalized spacial score (nSPS) is 10.6. The molecule has 0 aliphatic rings. The highest BCUT2D eigenvalue weighted by molar-refractivity contribution is 5.90. The van der Waals surface area contributed by atoms with E-state index in [-0.39, 0.29) is 22.9 Å². The molecule has 0 atom stereocenters. The third kappa shape index (κ3) is 4.04. The molecule has 2 aromatic carbocycles. The van der Waals surface area contributed by atoms with Crippen LogP contribution < -0.4 is 27.3 Å². The van der Waals surface area contributed by atoms with E-state index >= 15 is 0 Å². The highest BCUT2D eigenvalue weighted by Crippen LogP contribution is 2.34. The van der Waals surface area contributed by atoms with E-state index in [0.717, 1.165) is 16.7 Å². The number of hydrazine groups is 1. The van der Waals surface area contributed by atoms with Gasteiger partial charge in [0.15, 0.2) is 5.82 Å². The van der Waals surface area contributed by atoms with Crippen molar-refractivity contribution in [3.63, 3.8) is 0 Å². The highest BCUT2D eigenvalue weighted by Gasteiger charge is 2.15. The van der Waals surface area contributed by atoms with E-state index in [9.17, 15) is 14.7 Å². The molecular weight excluding hydrogens is 374 g/mol. The number of aromatic nitrogens is 2. The Labute approximate surface area is 166 Å². The number of hydrogen-bond acceptors (Lipinski definition) is 7. The van der Waals surface area contributed by atoms with Gasteiger partial charge in [-0.25, -0.2) is 15.6 Å². The zero-order valence-corrected chi connectivity index (χ0v) is 15.9. The molecule has 7 N–H and O–H groups in total. The molecule has 0 fully saturated rings. The molecule has 0 aliphatic heterocycles. The second kappa shape index (κ2) is 8.03. The molecule has 0 saturated heterocycles. The molecule has 3 aromatic rings. The van der Waals surface area contributed by atoms with E-state index in [1.54, 1.807) is 30.3 Å². The summed E-state index contributed by atoms with van der Waals surface area (Å²) >= 11 is 0. The van der Waals surface area contributed by atoms with Crippen molar-refractivity contribution in [1.29, 1.82) is 0 Å².